The SMILES string of the molecule is CCC(=O)CCCCC(N)C(N)C(=O)CC. The molecule has 0 spiro atoms. The van der Waals surface area contributed by atoms with Gasteiger partial charge in [-0.2, -0.15) is 0 Å². The molecule has 0 fully saturated rings. The van der Waals surface area contributed by atoms with E-state index in [1.807, 2.05) is 6.92 Å². The van der Waals surface area contributed by atoms with E-state index >= 15 is 0 Å². The van der Waals surface area contributed by atoms with Gasteiger partial charge in [-0.05, 0) is 12.8 Å². The number of rotatable bonds is 9. The smallest absolute Gasteiger partial charge is 0.150 e. The van der Waals surface area contributed by atoms with Crippen molar-refractivity contribution in [2.75, 3.05) is 0 Å². The van der Waals surface area contributed by atoms with Crippen molar-refractivity contribution in [3.63, 3.8) is 0 Å². The third-order valence-electron chi connectivity index (χ3n) is 2.82. The van der Waals surface area contributed by atoms with Crippen LogP contribution < -0.4 is 11.5 Å². The second kappa shape index (κ2) is 8.42. The van der Waals surface area contributed by atoms with Crippen LogP contribution in [-0.2, 0) is 9.59 Å². The summed E-state index contributed by atoms with van der Waals surface area (Å²) in [5.74, 6) is 0.291. The molecule has 0 aromatic heterocycles. The molecule has 4 N–H and O–H groups in total. The Morgan fingerprint density at radius 1 is 1.06 bits per heavy atom. The van der Waals surface area contributed by atoms with Crippen molar-refractivity contribution in [2.45, 2.75) is 64.5 Å². The standard InChI is InChI=1S/C12H24N2O2/c1-3-9(15)7-5-6-8-10(13)12(14)11(16)4-2/h10,12H,3-8,13-14H2,1-2H3. The minimum absolute atomic E-state index is 0.0112. The molecule has 4 heteroatoms. The van der Waals surface area contributed by atoms with Gasteiger partial charge < -0.3 is 11.5 Å². The van der Waals surface area contributed by atoms with Gasteiger partial charge in [0.2, 0.25) is 0 Å². The molecular formula is C12H24N2O2. The van der Waals surface area contributed by atoms with Crippen LogP contribution in [0.1, 0.15) is 52.4 Å². The molecule has 0 saturated carbocycles. The number of hydrogen-bond acceptors (Lipinski definition) is 4. The zero-order chi connectivity index (χ0) is 12.6. The van der Waals surface area contributed by atoms with Gasteiger partial charge >= 0.3 is 0 Å². The maximum atomic E-state index is 11.3. The van der Waals surface area contributed by atoms with Gasteiger partial charge in [-0.3, -0.25) is 9.59 Å². The van der Waals surface area contributed by atoms with Gasteiger partial charge in [-0.1, -0.05) is 20.3 Å². The van der Waals surface area contributed by atoms with Gasteiger partial charge in [-0.25, -0.2) is 0 Å². The number of unbranched alkanes of at least 4 members (excludes halogenated alkanes) is 1. The molecule has 0 heterocycles. The summed E-state index contributed by atoms with van der Waals surface area (Å²) in [7, 11) is 0. The molecule has 0 bridgehead atoms. The maximum absolute atomic E-state index is 11.3. The highest BCUT2D eigenvalue weighted by Crippen LogP contribution is 2.07. The molecule has 0 aromatic carbocycles. The lowest BCUT2D eigenvalue weighted by molar-refractivity contribution is -0.121. The van der Waals surface area contributed by atoms with Crippen LogP contribution in [0.2, 0.25) is 0 Å². The Labute approximate surface area is 97.8 Å². The largest absolute Gasteiger partial charge is 0.326 e. The predicted octanol–water partition coefficient (Wildman–Crippen LogP) is 1.16. The lowest BCUT2D eigenvalue weighted by Crippen LogP contribution is -2.46. The first-order valence-electron chi connectivity index (χ1n) is 6.08. The molecule has 2 atom stereocenters. The third-order valence-corrected chi connectivity index (χ3v) is 2.82. The quantitative estimate of drug-likeness (QED) is 0.580. The van der Waals surface area contributed by atoms with Crippen LogP contribution >= 0.6 is 0 Å². The highest BCUT2D eigenvalue weighted by atomic mass is 16.1. The molecule has 0 radical (unpaired) electrons. The van der Waals surface area contributed by atoms with Crippen LogP contribution in [-0.4, -0.2) is 23.7 Å². The number of carbonyl (C=O) groups is 2. The fourth-order valence-electron chi connectivity index (χ4n) is 1.53. The lowest BCUT2D eigenvalue weighted by atomic mass is 9.97. The highest BCUT2D eigenvalue weighted by Gasteiger charge is 2.18. The average Bonchev–Trinajstić information content (AvgIpc) is 2.31. The van der Waals surface area contributed by atoms with Crippen LogP contribution in [0.5, 0.6) is 0 Å². The minimum Gasteiger partial charge on any atom is -0.326 e. The zero-order valence-electron chi connectivity index (χ0n) is 10.4. The highest BCUT2D eigenvalue weighted by molar-refractivity contribution is 5.84. The Balaban J connectivity index is 3.68. The minimum atomic E-state index is -0.549. The van der Waals surface area contributed by atoms with Gasteiger partial charge in [0.25, 0.3) is 0 Å². The summed E-state index contributed by atoms with van der Waals surface area (Å²) >= 11 is 0. The molecule has 0 rings (SSSR count). The molecule has 2 unspecified atom stereocenters. The number of carbonyl (C=O) groups excluding carboxylic acids is 2. The van der Waals surface area contributed by atoms with E-state index in [-0.39, 0.29) is 17.6 Å². The van der Waals surface area contributed by atoms with E-state index < -0.39 is 6.04 Å². The van der Waals surface area contributed by atoms with Crippen molar-refractivity contribution in [3.05, 3.63) is 0 Å². The van der Waals surface area contributed by atoms with Gasteiger partial charge in [0.1, 0.15) is 5.78 Å². The Bertz CT molecular complexity index is 229. The first-order chi connectivity index (χ1) is 7.52. The molecule has 4 nitrogen and oxygen atoms in total. The first kappa shape index (κ1) is 15.3. The van der Waals surface area contributed by atoms with Crippen LogP contribution in [0.4, 0.5) is 0 Å². The van der Waals surface area contributed by atoms with Gasteiger partial charge in [0.05, 0.1) is 6.04 Å². The molecule has 0 aromatic rings. The van der Waals surface area contributed by atoms with E-state index in [9.17, 15) is 9.59 Å². The van der Waals surface area contributed by atoms with Crippen molar-refractivity contribution >= 4 is 11.6 Å². The Morgan fingerprint density at radius 2 is 1.69 bits per heavy atom. The normalized spacial score (nSPS) is 14.5. The summed E-state index contributed by atoms with van der Waals surface area (Å²) in [6, 6.07) is -0.823. The summed E-state index contributed by atoms with van der Waals surface area (Å²) < 4.78 is 0. The van der Waals surface area contributed by atoms with Crippen molar-refractivity contribution in [1.82, 2.24) is 0 Å². The monoisotopic (exact) mass is 228 g/mol. The van der Waals surface area contributed by atoms with Gasteiger partial charge in [0.15, 0.2) is 5.78 Å². The molecule has 0 aliphatic heterocycles. The lowest BCUT2D eigenvalue weighted by Gasteiger charge is -2.17. The van der Waals surface area contributed by atoms with Crippen molar-refractivity contribution in [1.29, 1.82) is 0 Å². The van der Waals surface area contributed by atoms with Crippen molar-refractivity contribution in [2.24, 2.45) is 11.5 Å². The van der Waals surface area contributed by atoms with E-state index in [4.69, 9.17) is 11.5 Å². The molecule has 0 saturated heterocycles. The fourth-order valence-corrected chi connectivity index (χ4v) is 1.53. The van der Waals surface area contributed by atoms with E-state index in [0.29, 0.717) is 25.7 Å². The second-order valence-corrected chi connectivity index (χ2v) is 4.15. The van der Waals surface area contributed by atoms with E-state index in [1.165, 1.54) is 0 Å². The molecular weight excluding hydrogens is 204 g/mol. The molecule has 16 heavy (non-hydrogen) atoms. The van der Waals surface area contributed by atoms with Gasteiger partial charge in [-0.15, -0.1) is 0 Å². The summed E-state index contributed by atoms with van der Waals surface area (Å²) in [4.78, 5) is 22.3. The fraction of sp³-hybridized carbons (Fsp3) is 0.833. The van der Waals surface area contributed by atoms with Gasteiger partial charge in [0, 0.05) is 25.3 Å². The summed E-state index contributed by atoms with van der Waals surface area (Å²) in [5.41, 5.74) is 11.5. The van der Waals surface area contributed by atoms with E-state index in [2.05, 4.69) is 0 Å². The van der Waals surface area contributed by atoms with Crippen LogP contribution in [0.25, 0.3) is 0 Å². The summed E-state index contributed by atoms with van der Waals surface area (Å²) in [6.07, 6.45) is 4.05. The Hall–Kier alpha value is -0.740. The topological polar surface area (TPSA) is 86.2 Å². The molecule has 0 aliphatic carbocycles. The van der Waals surface area contributed by atoms with E-state index in [1.54, 1.807) is 6.92 Å². The predicted molar refractivity (Wildman–Crippen MR) is 65.0 cm³/mol. The molecule has 94 valence electrons. The first-order valence-corrected chi connectivity index (χ1v) is 6.08. The van der Waals surface area contributed by atoms with E-state index in [0.717, 1.165) is 12.8 Å². The van der Waals surface area contributed by atoms with Crippen LogP contribution in [0.15, 0.2) is 0 Å². The zero-order valence-corrected chi connectivity index (χ0v) is 10.4. The number of ketones is 2. The third kappa shape index (κ3) is 5.98. The summed E-state index contributed by atoms with van der Waals surface area (Å²) in [5, 5.41) is 0. The summed E-state index contributed by atoms with van der Waals surface area (Å²) in [6.45, 7) is 3.65. The average molecular weight is 228 g/mol. The van der Waals surface area contributed by atoms with Crippen LogP contribution in [0.3, 0.4) is 0 Å². The Morgan fingerprint density at radius 3 is 2.19 bits per heavy atom. The Kier molecular flexibility index (Phi) is 8.03. The van der Waals surface area contributed by atoms with Crippen LogP contribution in [0, 0.1) is 0 Å². The number of nitrogens with two attached hydrogens (primary N) is 2. The number of Topliss-reactive ketones (excluding diaryl/α,β-unsaturated/α-hetero) is 2. The van der Waals surface area contributed by atoms with Crippen molar-refractivity contribution < 1.29 is 9.59 Å². The number of hydrogen-bond donors (Lipinski definition) is 2. The maximum Gasteiger partial charge on any atom is 0.150 e. The second-order valence-electron chi connectivity index (χ2n) is 4.15. The molecule has 0 amide bonds. The van der Waals surface area contributed by atoms with Crippen molar-refractivity contribution in [3.8, 4) is 0 Å². The molecule has 0 aliphatic rings.